The van der Waals surface area contributed by atoms with E-state index < -0.39 is 23.0 Å². The van der Waals surface area contributed by atoms with Gasteiger partial charge in [0.2, 0.25) is 5.91 Å². The molecular formula is C15H17F2NO3. The Kier molecular flexibility index (Phi) is 4.25. The number of carbonyl (C=O) groups excluding carboxylic acids is 1. The van der Waals surface area contributed by atoms with Crippen LogP contribution in [0.4, 0.5) is 8.78 Å². The van der Waals surface area contributed by atoms with Crippen molar-refractivity contribution >= 4 is 11.9 Å². The topological polar surface area (TPSA) is 57.6 Å². The number of likely N-dealkylation sites (tertiary alicyclic amines) is 1. The predicted molar refractivity (Wildman–Crippen MR) is 71.6 cm³/mol. The largest absolute Gasteiger partial charge is 0.481 e. The van der Waals surface area contributed by atoms with Crippen LogP contribution in [-0.2, 0) is 16.0 Å². The van der Waals surface area contributed by atoms with Crippen molar-refractivity contribution in [3.63, 3.8) is 0 Å². The zero-order valence-corrected chi connectivity index (χ0v) is 11.7. The van der Waals surface area contributed by atoms with Crippen molar-refractivity contribution in [3.8, 4) is 0 Å². The maximum Gasteiger partial charge on any atom is 0.311 e. The average molecular weight is 297 g/mol. The van der Waals surface area contributed by atoms with Crippen LogP contribution in [0.3, 0.4) is 0 Å². The Hall–Kier alpha value is -1.98. The Balaban J connectivity index is 1.94. The van der Waals surface area contributed by atoms with E-state index in [2.05, 4.69) is 0 Å². The standard InChI is InChI=1S/C15H17F2NO3/c1-15(14(20)21)7-8-18(9-15)12(19)6-5-10-3-2-4-11(16)13(10)17/h2-4H,5-9H2,1H3,(H,20,21)/t15-/m0/s1. The Morgan fingerprint density at radius 1 is 1.38 bits per heavy atom. The SMILES string of the molecule is C[C@]1(C(=O)O)CCN(C(=O)CCc2cccc(F)c2F)C1. The van der Waals surface area contributed by atoms with Crippen LogP contribution in [-0.4, -0.2) is 35.0 Å². The minimum atomic E-state index is -0.931. The first-order valence-electron chi connectivity index (χ1n) is 6.77. The van der Waals surface area contributed by atoms with Crippen molar-refractivity contribution in [2.24, 2.45) is 5.41 Å². The van der Waals surface area contributed by atoms with E-state index in [9.17, 15) is 18.4 Å². The van der Waals surface area contributed by atoms with Gasteiger partial charge < -0.3 is 10.0 Å². The molecule has 1 amide bonds. The Labute approximate surface area is 121 Å². The second-order valence-corrected chi connectivity index (χ2v) is 5.64. The molecule has 0 saturated carbocycles. The molecule has 1 aliphatic rings. The van der Waals surface area contributed by atoms with Crippen LogP contribution >= 0.6 is 0 Å². The highest BCUT2D eigenvalue weighted by Crippen LogP contribution is 2.30. The predicted octanol–water partition coefficient (Wildman–Crippen LogP) is 2.22. The fourth-order valence-corrected chi connectivity index (χ4v) is 2.49. The minimum Gasteiger partial charge on any atom is -0.481 e. The van der Waals surface area contributed by atoms with Crippen molar-refractivity contribution in [3.05, 3.63) is 35.4 Å². The summed E-state index contributed by atoms with van der Waals surface area (Å²) in [7, 11) is 0. The Bertz CT molecular complexity index is 576. The second kappa shape index (κ2) is 5.79. The molecule has 21 heavy (non-hydrogen) atoms. The number of aryl methyl sites for hydroxylation is 1. The molecule has 1 heterocycles. The summed E-state index contributed by atoms with van der Waals surface area (Å²) in [4.78, 5) is 24.6. The number of carbonyl (C=O) groups is 2. The monoisotopic (exact) mass is 297 g/mol. The van der Waals surface area contributed by atoms with Crippen molar-refractivity contribution in [2.45, 2.75) is 26.2 Å². The van der Waals surface area contributed by atoms with Gasteiger partial charge in [0.25, 0.3) is 0 Å². The number of carboxylic acids is 1. The summed E-state index contributed by atoms with van der Waals surface area (Å²) >= 11 is 0. The van der Waals surface area contributed by atoms with Crippen LogP contribution in [0.25, 0.3) is 0 Å². The van der Waals surface area contributed by atoms with E-state index in [0.29, 0.717) is 13.0 Å². The average Bonchev–Trinajstić information content (AvgIpc) is 2.84. The lowest BCUT2D eigenvalue weighted by molar-refractivity contribution is -0.147. The van der Waals surface area contributed by atoms with Crippen molar-refractivity contribution in [2.75, 3.05) is 13.1 Å². The van der Waals surface area contributed by atoms with Gasteiger partial charge in [0.15, 0.2) is 11.6 Å². The number of aliphatic carboxylic acids is 1. The molecule has 1 saturated heterocycles. The van der Waals surface area contributed by atoms with Crippen LogP contribution < -0.4 is 0 Å². The molecule has 0 aromatic heterocycles. The number of hydrogen-bond donors (Lipinski definition) is 1. The third-order valence-electron chi connectivity index (χ3n) is 3.98. The highest BCUT2D eigenvalue weighted by Gasteiger charge is 2.41. The number of halogens is 2. The fraction of sp³-hybridized carbons (Fsp3) is 0.467. The molecule has 1 fully saturated rings. The van der Waals surface area contributed by atoms with Gasteiger partial charge >= 0.3 is 5.97 Å². The van der Waals surface area contributed by atoms with Gasteiger partial charge in [0.1, 0.15) is 0 Å². The lowest BCUT2D eigenvalue weighted by Gasteiger charge is -2.20. The van der Waals surface area contributed by atoms with Crippen LogP contribution in [0.5, 0.6) is 0 Å². The summed E-state index contributed by atoms with van der Waals surface area (Å²) in [6.07, 6.45) is 0.543. The van der Waals surface area contributed by atoms with E-state index in [4.69, 9.17) is 5.11 Å². The van der Waals surface area contributed by atoms with E-state index in [-0.39, 0.29) is 30.9 Å². The number of benzene rings is 1. The molecule has 1 aromatic rings. The Morgan fingerprint density at radius 2 is 2.10 bits per heavy atom. The summed E-state index contributed by atoms with van der Waals surface area (Å²) in [5.74, 6) is -3.01. The molecule has 1 aliphatic heterocycles. The van der Waals surface area contributed by atoms with Gasteiger partial charge in [0, 0.05) is 19.5 Å². The normalized spacial score (nSPS) is 21.6. The second-order valence-electron chi connectivity index (χ2n) is 5.64. The van der Waals surface area contributed by atoms with E-state index >= 15 is 0 Å². The Morgan fingerprint density at radius 3 is 2.71 bits per heavy atom. The number of amides is 1. The number of rotatable bonds is 4. The molecule has 0 bridgehead atoms. The molecule has 6 heteroatoms. The minimum absolute atomic E-state index is 0.0378. The molecule has 0 spiro atoms. The zero-order chi connectivity index (χ0) is 15.6. The lowest BCUT2D eigenvalue weighted by atomic mass is 9.90. The van der Waals surface area contributed by atoms with Gasteiger partial charge in [-0.05, 0) is 31.4 Å². The highest BCUT2D eigenvalue weighted by atomic mass is 19.2. The van der Waals surface area contributed by atoms with Crippen LogP contribution in [0.2, 0.25) is 0 Å². The third-order valence-corrected chi connectivity index (χ3v) is 3.98. The quantitative estimate of drug-likeness (QED) is 0.927. The summed E-state index contributed by atoms with van der Waals surface area (Å²) in [5.41, 5.74) is -0.761. The fourth-order valence-electron chi connectivity index (χ4n) is 2.49. The summed E-state index contributed by atoms with van der Waals surface area (Å²) < 4.78 is 26.5. The number of nitrogens with zero attached hydrogens (tertiary/aromatic N) is 1. The van der Waals surface area contributed by atoms with E-state index in [1.807, 2.05) is 0 Å². The number of carboxylic acid groups (broad SMARTS) is 1. The van der Waals surface area contributed by atoms with Crippen molar-refractivity contribution < 1.29 is 23.5 Å². The highest BCUT2D eigenvalue weighted by molar-refractivity contribution is 5.80. The maximum absolute atomic E-state index is 13.5. The molecule has 0 unspecified atom stereocenters. The number of hydrogen-bond acceptors (Lipinski definition) is 2. The molecule has 2 rings (SSSR count). The van der Waals surface area contributed by atoms with Gasteiger partial charge in [-0.25, -0.2) is 8.78 Å². The first-order valence-corrected chi connectivity index (χ1v) is 6.77. The molecule has 4 nitrogen and oxygen atoms in total. The summed E-state index contributed by atoms with van der Waals surface area (Å²) in [6, 6.07) is 3.87. The molecule has 1 aromatic carbocycles. The molecule has 1 atom stereocenters. The van der Waals surface area contributed by atoms with Gasteiger partial charge in [-0.1, -0.05) is 12.1 Å². The molecule has 114 valence electrons. The van der Waals surface area contributed by atoms with Crippen LogP contribution in [0, 0.1) is 17.0 Å². The van der Waals surface area contributed by atoms with Crippen LogP contribution in [0.1, 0.15) is 25.3 Å². The van der Waals surface area contributed by atoms with Gasteiger partial charge in [-0.15, -0.1) is 0 Å². The van der Waals surface area contributed by atoms with E-state index in [0.717, 1.165) is 6.07 Å². The van der Waals surface area contributed by atoms with Crippen molar-refractivity contribution in [1.29, 1.82) is 0 Å². The zero-order valence-electron chi connectivity index (χ0n) is 11.7. The molecule has 0 radical (unpaired) electrons. The van der Waals surface area contributed by atoms with Gasteiger partial charge in [-0.3, -0.25) is 9.59 Å². The van der Waals surface area contributed by atoms with Gasteiger partial charge in [-0.2, -0.15) is 0 Å². The maximum atomic E-state index is 13.5. The smallest absolute Gasteiger partial charge is 0.311 e. The summed E-state index contributed by atoms with van der Waals surface area (Å²) in [6.45, 7) is 2.15. The first kappa shape index (κ1) is 15.4. The van der Waals surface area contributed by atoms with E-state index in [1.54, 1.807) is 6.92 Å². The van der Waals surface area contributed by atoms with Crippen molar-refractivity contribution in [1.82, 2.24) is 4.90 Å². The molecular weight excluding hydrogens is 280 g/mol. The third kappa shape index (κ3) is 3.20. The lowest BCUT2D eigenvalue weighted by Crippen LogP contribution is -2.35. The van der Waals surface area contributed by atoms with Gasteiger partial charge in [0.05, 0.1) is 5.41 Å². The molecule has 0 aliphatic carbocycles. The molecule has 1 N–H and O–H groups in total. The summed E-state index contributed by atoms with van der Waals surface area (Å²) in [5, 5.41) is 9.12. The first-order chi connectivity index (χ1) is 9.83. The van der Waals surface area contributed by atoms with Crippen LogP contribution in [0.15, 0.2) is 18.2 Å². The van der Waals surface area contributed by atoms with E-state index in [1.165, 1.54) is 17.0 Å².